The van der Waals surface area contributed by atoms with Crippen molar-refractivity contribution in [1.82, 2.24) is 21.0 Å². The molecule has 0 aromatic heterocycles. The van der Waals surface area contributed by atoms with Crippen LogP contribution in [0.2, 0.25) is 0 Å². The molecular weight excluding hydrogens is 716 g/mol. The molecule has 55 heavy (non-hydrogen) atoms. The molecule has 2 aromatic rings. The summed E-state index contributed by atoms with van der Waals surface area (Å²) in [7, 11) is 3.13. The Morgan fingerprint density at radius 3 is 1.76 bits per heavy atom. The third-order valence-electron chi connectivity index (χ3n) is 7.80. The van der Waals surface area contributed by atoms with Crippen LogP contribution in [-0.4, -0.2) is 141 Å². The molecule has 2 rings (SSSR count). The number of unbranched alkanes of at least 4 members (excludes halogenated alkanes) is 1. The van der Waals surface area contributed by atoms with E-state index in [4.69, 9.17) is 33.3 Å². The van der Waals surface area contributed by atoms with E-state index in [9.17, 15) is 24.0 Å². The van der Waals surface area contributed by atoms with Crippen LogP contribution in [0.3, 0.4) is 0 Å². The van der Waals surface area contributed by atoms with Crippen molar-refractivity contribution in [1.29, 1.82) is 0 Å². The van der Waals surface area contributed by atoms with Crippen LogP contribution < -0.4 is 16.1 Å². The van der Waals surface area contributed by atoms with Crippen molar-refractivity contribution in [2.45, 2.75) is 38.5 Å². The van der Waals surface area contributed by atoms with Crippen LogP contribution in [-0.2, 0) is 76.5 Å². The van der Waals surface area contributed by atoms with Crippen molar-refractivity contribution in [3.05, 3.63) is 71.3 Å². The molecule has 3 N–H and O–H groups in total. The molecule has 0 unspecified atom stereocenters. The maximum absolute atomic E-state index is 12.9. The third-order valence-corrected chi connectivity index (χ3v) is 7.80. The van der Waals surface area contributed by atoms with Gasteiger partial charge in [0, 0.05) is 33.9 Å². The molecule has 16 heteroatoms. The number of amides is 4. The highest BCUT2D eigenvalue weighted by Crippen LogP contribution is 2.11. The van der Waals surface area contributed by atoms with Crippen LogP contribution in [0, 0.1) is 0 Å². The lowest BCUT2D eigenvalue weighted by atomic mass is 10.0. The number of benzene rings is 2. The lowest BCUT2D eigenvalue weighted by Crippen LogP contribution is -2.46. The standard InChI is InChI=1S/C39H58N4O12/c1-49-20-22-51-24-26-53-30-37(46)41-18-19-43(38(47)31-54-27-25-52-23-21-50-2)29-36(45)40-17-16-39(48)55-42-35(44)28-34-14-12-33(13-15-34)11-7-6-10-32-8-4-3-5-9-32/h3-5,8-9,12-15H,6-7,10-11,16-31H2,1-2H3,(H,40,45)(H,41,46)(H,42,44). The number of rotatable bonds is 31. The van der Waals surface area contributed by atoms with Gasteiger partial charge in [0.15, 0.2) is 0 Å². The van der Waals surface area contributed by atoms with Crippen LogP contribution in [0.15, 0.2) is 54.6 Å². The highest BCUT2D eigenvalue weighted by Gasteiger charge is 2.18. The molecule has 0 spiro atoms. The van der Waals surface area contributed by atoms with Crippen LogP contribution >= 0.6 is 0 Å². The average Bonchev–Trinajstić information content (AvgIpc) is 3.18. The molecule has 2 aromatic carbocycles. The van der Waals surface area contributed by atoms with Crippen molar-refractivity contribution >= 4 is 29.6 Å². The zero-order chi connectivity index (χ0) is 39.8. The van der Waals surface area contributed by atoms with Gasteiger partial charge in [-0.2, -0.15) is 5.48 Å². The Morgan fingerprint density at radius 1 is 0.582 bits per heavy atom. The number of hydrogen-bond donors (Lipinski definition) is 3. The summed E-state index contributed by atoms with van der Waals surface area (Å²) in [4.78, 5) is 68.4. The number of nitrogens with zero attached hydrogens (tertiary/aromatic N) is 1. The van der Waals surface area contributed by atoms with Gasteiger partial charge in [-0.05, 0) is 42.4 Å². The summed E-state index contributed by atoms with van der Waals surface area (Å²) in [5, 5.41) is 5.20. The van der Waals surface area contributed by atoms with Crippen molar-refractivity contribution in [2.75, 3.05) is 106 Å². The molecule has 0 radical (unpaired) electrons. The molecule has 306 valence electrons. The Kier molecular flexibility index (Phi) is 26.2. The first-order chi connectivity index (χ1) is 26.8. The maximum atomic E-state index is 12.9. The largest absolute Gasteiger partial charge is 0.382 e. The second-order valence-corrected chi connectivity index (χ2v) is 12.3. The summed E-state index contributed by atoms with van der Waals surface area (Å²) >= 11 is 0. The molecule has 0 saturated carbocycles. The normalized spacial score (nSPS) is 10.8. The minimum atomic E-state index is -0.750. The molecule has 0 aliphatic rings. The molecule has 16 nitrogen and oxygen atoms in total. The lowest BCUT2D eigenvalue weighted by molar-refractivity contribution is -0.158. The van der Waals surface area contributed by atoms with E-state index in [1.165, 1.54) is 16.0 Å². The number of hydrogen-bond acceptors (Lipinski definition) is 12. The van der Waals surface area contributed by atoms with Gasteiger partial charge in [0.2, 0.25) is 17.7 Å². The van der Waals surface area contributed by atoms with Crippen LogP contribution in [0.5, 0.6) is 0 Å². The average molecular weight is 775 g/mol. The molecule has 0 saturated heterocycles. The first-order valence-corrected chi connectivity index (χ1v) is 18.5. The van der Waals surface area contributed by atoms with Gasteiger partial charge in [-0.15, -0.1) is 0 Å². The number of nitrogens with one attached hydrogen (secondary N) is 3. The fraction of sp³-hybridized carbons (Fsp3) is 0.564. The van der Waals surface area contributed by atoms with E-state index in [2.05, 4.69) is 28.2 Å². The molecule has 0 aliphatic heterocycles. The summed E-state index contributed by atoms with van der Waals surface area (Å²) in [6.45, 7) is 1.73. The zero-order valence-corrected chi connectivity index (χ0v) is 32.2. The number of methoxy groups -OCH3 is 2. The molecule has 0 atom stereocenters. The number of aryl methyl sites for hydroxylation is 2. The summed E-state index contributed by atoms with van der Waals surface area (Å²) < 4.78 is 31.0. The Bertz CT molecular complexity index is 1360. The van der Waals surface area contributed by atoms with Gasteiger partial charge in [0.25, 0.3) is 5.91 Å². The predicted octanol–water partition coefficient (Wildman–Crippen LogP) is 1.18. The monoisotopic (exact) mass is 774 g/mol. The highest BCUT2D eigenvalue weighted by atomic mass is 16.7. The minimum absolute atomic E-state index is 0.0113. The zero-order valence-electron chi connectivity index (χ0n) is 32.2. The summed E-state index contributed by atoms with van der Waals surface area (Å²) in [6, 6.07) is 18.1. The lowest BCUT2D eigenvalue weighted by Gasteiger charge is -2.22. The van der Waals surface area contributed by atoms with E-state index in [1.54, 1.807) is 14.2 Å². The summed E-state index contributed by atoms with van der Waals surface area (Å²) in [5.74, 6) is -2.67. The Labute approximate surface area is 323 Å². The van der Waals surface area contributed by atoms with Gasteiger partial charge in [-0.3, -0.25) is 19.2 Å². The number of hydroxylamine groups is 1. The highest BCUT2D eigenvalue weighted by molar-refractivity contribution is 5.86. The van der Waals surface area contributed by atoms with E-state index < -0.39 is 29.6 Å². The Morgan fingerprint density at radius 2 is 1.13 bits per heavy atom. The summed E-state index contributed by atoms with van der Waals surface area (Å²) in [5.41, 5.74) is 5.45. The minimum Gasteiger partial charge on any atom is -0.382 e. The molecular formula is C39H58N4O12. The van der Waals surface area contributed by atoms with Crippen LogP contribution in [0.25, 0.3) is 0 Å². The van der Waals surface area contributed by atoms with E-state index in [1.807, 2.05) is 42.5 Å². The second kappa shape index (κ2) is 30.8. The SMILES string of the molecule is COCCOCCOCC(=O)NCCN(CC(=O)NCCC(=O)ONC(=O)Cc1ccc(CCCCc2ccccc2)cc1)C(=O)COCCOCCOC. The van der Waals surface area contributed by atoms with E-state index >= 15 is 0 Å². The molecule has 0 heterocycles. The number of carbonyl (C=O) groups is 5. The van der Waals surface area contributed by atoms with Crippen molar-refractivity contribution < 1.29 is 57.2 Å². The van der Waals surface area contributed by atoms with E-state index in [0.29, 0.717) is 33.0 Å². The van der Waals surface area contributed by atoms with Crippen molar-refractivity contribution in [2.24, 2.45) is 0 Å². The third kappa shape index (κ3) is 24.6. The quantitative estimate of drug-likeness (QED) is 0.0735. The van der Waals surface area contributed by atoms with Crippen molar-refractivity contribution in [3.63, 3.8) is 0 Å². The number of ether oxygens (including phenoxy) is 6. The second-order valence-electron chi connectivity index (χ2n) is 12.3. The fourth-order valence-electron chi connectivity index (χ4n) is 4.86. The Balaban J connectivity index is 1.67. The predicted molar refractivity (Wildman–Crippen MR) is 202 cm³/mol. The van der Waals surface area contributed by atoms with E-state index in [-0.39, 0.29) is 72.1 Å². The molecule has 0 bridgehead atoms. The van der Waals surface area contributed by atoms with E-state index in [0.717, 1.165) is 31.2 Å². The summed E-state index contributed by atoms with van der Waals surface area (Å²) in [6.07, 6.45) is 3.95. The van der Waals surface area contributed by atoms with Crippen molar-refractivity contribution in [3.8, 4) is 0 Å². The number of carbonyl (C=O) groups excluding carboxylic acids is 5. The smallest absolute Gasteiger partial charge is 0.334 e. The maximum Gasteiger partial charge on any atom is 0.334 e. The van der Waals surface area contributed by atoms with Gasteiger partial charge < -0.3 is 48.8 Å². The van der Waals surface area contributed by atoms with Crippen LogP contribution in [0.1, 0.15) is 36.0 Å². The first-order valence-electron chi connectivity index (χ1n) is 18.5. The van der Waals surface area contributed by atoms with Gasteiger partial charge in [0.1, 0.15) is 13.2 Å². The molecule has 4 amide bonds. The van der Waals surface area contributed by atoms with Gasteiger partial charge >= 0.3 is 5.97 Å². The molecule has 0 fully saturated rings. The van der Waals surface area contributed by atoms with Crippen LogP contribution in [0.4, 0.5) is 0 Å². The topological polar surface area (TPSA) is 189 Å². The Hall–Kier alpha value is -4.45. The fourth-order valence-corrected chi connectivity index (χ4v) is 4.86. The van der Waals surface area contributed by atoms with Gasteiger partial charge in [-0.25, -0.2) is 4.79 Å². The van der Waals surface area contributed by atoms with Gasteiger partial charge in [-0.1, -0.05) is 54.6 Å². The molecule has 0 aliphatic carbocycles. The first kappa shape index (κ1) is 46.7. The van der Waals surface area contributed by atoms with Gasteiger partial charge in [0.05, 0.1) is 72.2 Å².